The number of methoxy groups -OCH3 is 1. The second-order valence-electron chi connectivity index (χ2n) is 6.12. The Kier molecular flexibility index (Phi) is 6.21. The Morgan fingerprint density at radius 3 is 2.35 bits per heavy atom. The van der Waals surface area contributed by atoms with Crippen molar-refractivity contribution in [2.45, 2.75) is 32.3 Å². The molecule has 0 aliphatic carbocycles. The molecule has 3 heteroatoms. The molecule has 1 atom stereocenters. The molecule has 0 aliphatic rings. The van der Waals surface area contributed by atoms with Gasteiger partial charge in [-0.25, -0.2) is 4.79 Å². The summed E-state index contributed by atoms with van der Waals surface area (Å²) in [5.74, 6) is 2.85. The highest BCUT2D eigenvalue weighted by Gasteiger charge is 2.36. The maximum Gasteiger partial charge on any atom is 0.339 e. The Labute approximate surface area is 139 Å². The molecule has 0 saturated heterocycles. The van der Waals surface area contributed by atoms with Gasteiger partial charge in [0.05, 0.1) is 12.7 Å². The number of terminal acetylenes is 1. The second kappa shape index (κ2) is 7.69. The highest BCUT2D eigenvalue weighted by Crippen LogP contribution is 2.34. The van der Waals surface area contributed by atoms with E-state index in [1.54, 1.807) is 37.5 Å². The van der Waals surface area contributed by atoms with Crippen LogP contribution in [0.2, 0.25) is 0 Å². The number of hydrogen-bond donors (Lipinski definition) is 0. The zero-order valence-electron chi connectivity index (χ0n) is 14.1. The quantitative estimate of drug-likeness (QED) is 0.405. The van der Waals surface area contributed by atoms with Crippen LogP contribution < -0.4 is 4.74 Å². The van der Waals surface area contributed by atoms with Gasteiger partial charge in [-0.15, -0.1) is 19.6 Å². The van der Waals surface area contributed by atoms with Gasteiger partial charge < -0.3 is 9.47 Å². The predicted octanol–water partition coefficient (Wildman–Crippen LogP) is 4.40. The highest BCUT2D eigenvalue weighted by atomic mass is 16.6. The molecule has 23 heavy (non-hydrogen) atoms. The summed E-state index contributed by atoms with van der Waals surface area (Å²) in [6, 6.07) is 6.70. The standard InChI is InChI=1S/C20H24O3/c1-7-14-20(9-3,15-19(4,5)8-2)23-18(21)16-10-12-17(22-6)13-11-16/h3,7-8,10-13H,1-2,14-15H2,4-6H3. The SMILES string of the molecule is C#CC(CC=C)(CC(C)(C)C=C)OC(=O)c1ccc(OC)cc1. The van der Waals surface area contributed by atoms with Crippen molar-refractivity contribution in [2.24, 2.45) is 5.41 Å². The van der Waals surface area contributed by atoms with E-state index in [1.165, 1.54) is 0 Å². The summed E-state index contributed by atoms with van der Waals surface area (Å²) >= 11 is 0. The molecule has 1 unspecified atom stereocenters. The van der Waals surface area contributed by atoms with Crippen molar-refractivity contribution in [1.82, 2.24) is 0 Å². The first kappa shape index (κ1) is 18.6. The first-order valence-corrected chi connectivity index (χ1v) is 7.41. The van der Waals surface area contributed by atoms with Crippen LogP contribution in [0.4, 0.5) is 0 Å². The third-order valence-corrected chi connectivity index (χ3v) is 3.64. The summed E-state index contributed by atoms with van der Waals surface area (Å²) in [6.45, 7) is 11.5. The summed E-state index contributed by atoms with van der Waals surface area (Å²) < 4.78 is 10.8. The fourth-order valence-electron chi connectivity index (χ4n) is 2.29. The maximum atomic E-state index is 12.4. The van der Waals surface area contributed by atoms with E-state index in [1.807, 2.05) is 19.9 Å². The van der Waals surface area contributed by atoms with Crippen LogP contribution in [-0.2, 0) is 4.74 Å². The molecule has 122 valence electrons. The van der Waals surface area contributed by atoms with Crippen LogP contribution in [0, 0.1) is 17.8 Å². The van der Waals surface area contributed by atoms with E-state index in [0.29, 0.717) is 24.2 Å². The minimum Gasteiger partial charge on any atom is -0.497 e. The molecule has 0 amide bonds. The third-order valence-electron chi connectivity index (χ3n) is 3.64. The molecule has 0 spiro atoms. The average molecular weight is 312 g/mol. The fraction of sp³-hybridized carbons (Fsp3) is 0.350. The topological polar surface area (TPSA) is 35.5 Å². The van der Waals surface area contributed by atoms with Gasteiger partial charge >= 0.3 is 5.97 Å². The Balaban J connectivity index is 3.04. The van der Waals surface area contributed by atoms with Gasteiger partial charge in [-0.3, -0.25) is 0 Å². The number of carbonyl (C=O) groups is 1. The summed E-state index contributed by atoms with van der Waals surface area (Å²) in [7, 11) is 1.57. The lowest BCUT2D eigenvalue weighted by molar-refractivity contribution is -0.00369. The van der Waals surface area contributed by atoms with Crippen LogP contribution >= 0.6 is 0 Å². The van der Waals surface area contributed by atoms with Crippen LogP contribution in [0.3, 0.4) is 0 Å². The first-order valence-electron chi connectivity index (χ1n) is 7.41. The number of benzene rings is 1. The first-order chi connectivity index (χ1) is 10.8. The Hall–Kier alpha value is -2.47. The zero-order valence-corrected chi connectivity index (χ0v) is 14.1. The van der Waals surface area contributed by atoms with Gasteiger partial charge in [0.25, 0.3) is 0 Å². The lowest BCUT2D eigenvalue weighted by atomic mass is 9.79. The lowest BCUT2D eigenvalue weighted by Crippen LogP contribution is -2.37. The van der Waals surface area contributed by atoms with E-state index >= 15 is 0 Å². The van der Waals surface area contributed by atoms with Crippen LogP contribution in [0.25, 0.3) is 0 Å². The van der Waals surface area contributed by atoms with E-state index in [2.05, 4.69) is 19.1 Å². The van der Waals surface area contributed by atoms with Crippen LogP contribution in [-0.4, -0.2) is 18.7 Å². The van der Waals surface area contributed by atoms with Gasteiger partial charge in [0.1, 0.15) is 5.75 Å². The van der Waals surface area contributed by atoms with Crippen molar-refractivity contribution < 1.29 is 14.3 Å². The normalized spacial score (nSPS) is 13.3. The smallest absolute Gasteiger partial charge is 0.339 e. The molecule has 1 aromatic rings. The Morgan fingerprint density at radius 2 is 1.91 bits per heavy atom. The minimum atomic E-state index is -1.05. The third kappa shape index (κ3) is 5.03. The lowest BCUT2D eigenvalue weighted by Gasteiger charge is -2.34. The second-order valence-corrected chi connectivity index (χ2v) is 6.12. The summed E-state index contributed by atoms with van der Waals surface area (Å²) in [5, 5.41) is 0. The highest BCUT2D eigenvalue weighted by molar-refractivity contribution is 5.90. The molecule has 1 aromatic carbocycles. The summed E-state index contributed by atoms with van der Waals surface area (Å²) in [5.41, 5.74) is -0.891. The van der Waals surface area contributed by atoms with Gasteiger partial charge in [0.15, 0.2) is 5.60 Å². The van der Waals surface area contributed by atoms with E-state index in [9.17, 15) is 4.79 Å². The van der Waals surface area contributed by atoms with Crippen molar-refractivity contribution in [3.05, 3.63) is 55.1 Å². The van der Waals surface area contributed by atoms with E-state index in [0.717, 1.165) is 0 Å². The van der Waals surface area contributed by atoms with Crippen molar-refractivity contribution in [1.29, 1.82) is 0 Å². The maximum absolute atomic E-state index is 12.4. The molecule has 0 aliphatic heterocycles. The van der Waals surface area contributed by atoms with Crippen LogP contribution in [0.5, 0.6) is 5.75 Å². The fourth-order valence-corrected chi connectivity index (χ4v) is 2.29. The molecule has 0 N–H and O–H groups in total. The van der Waals surface area contributed by atoms with E-state index in [-0.39, 0.29) is 5.41 Å². The molecule has 0 heterocycles. The predicted molar refractivity (Wildman–Crippen MR) is 93.4 cm³/mol. The van der Waals surface area contributed by atoms with Crippen molar-refractivity contribution in [2.75, 3.05) is 7.11 Å². The number of ether oxygens (including phenoxy) is 2. The van der Waals surface area contributed by atoms with E-state index < -0.39 is 11.6 Å². The number of carbonyl (C=O) groups excluding carboxylic acids is 1. The molecule has 0 saturated carbocycles. The largest absolute Gasteiger partial charge is 0.497 e. The van der Waals surface area contributed by atoms with Crippen molar-refractivity contribution in [3.63, 3.8) is 0 Å². The van der Waals surface area contributed by atoms with Crippen molar-refractivity contribution >= 4 is 5.97 Å². The van der Waals surface area contributed by atoms with Gasteiger partial charge in [0, 0.05) is 12.8 Å². The molecule has 1 rings (SSSR count). The minimum absolute atomic E-state index is 0.268. The molecule has 0 fully saturated rings. The van der Waals surface area contributed by atoms with Gasteiger partial charge in [-0.2, -0.15) is 0 Å². The van der Waals surface area contributed by atoms with E-state index in [4.69, 9.17) is 15.9 Å². The average Bonchev–Trinajstić information content (AvgIpc) is 2.54. The Morgan fingerprint density at radius 1 is 1.30 bits per heavy atom. The number of allylic oxidation sites excluding steroid dienone is 1. The molecular formula is C20H24O3. The number of rotatable bonds is 8. The monoisotopic (exact) mass is 312 g/mol. The summed E-state index contributed by atoms with van der Waals surface area (Å²) in [6.07, 6.45) is 10.0. The van der Waals surface area contributed by atoms with Gasteiger partial charge in [-0.1, -0.05) is 31.9 Å². The van der Waals surface area contributed by atoms with Crippen LogP contribution in [0.15, 0.2) is 49.6 Å². The molecular weight excluding hydrogens is 288 g/mol. The van der Waals surface area contributed by atoms with Gasteiger partial charge in [0.2, 0.25) is 0 Å². The summed E-state index contributed by atoms with van der Waals surface area (Å²) in [4.78, 5) is 12.4. The van der Waals surface area contributed by atoms with Crippen molar-refractivity contribution in [3.8, 4) is 18.1 Å². The number of esters is 1. The van der Waals surface area contributed by atoms with Gasteiger partial charge in [-0.05, 0) is 29.7 Å². The zero-order chi connectivity index (χ0) is 17.5. The molecule has 0 radical (unpaired) electrons. The molecule has 0 aromatic heterocycles. The number of hydrogen-bond acceptors (Lipinski definition) is 3. The molecule has 0 bridgehead atoms. The molecule has 3 nitrogen and oxygen atoms in total. The van der Waals surface area contributed by atoms with Crippen LogP contribution in [0.1, 0.15) is 37.0 Å². The Bertz CT molecular complexity index is 605.